The van der Waals surface area contributed by atoms with E-state index in [2.05, 4.69) is 34.6 Å². The number of nitrogens with zero attached hydrogens (tertiary/aromatic N) is 3. The number of amides is 1. The van der Waals surface area contributed by atoms with Crippen molar-refractivity contribution in [2.75, 3.05) is 12.4 Å². The average molecular weight is 401 g/mol. The molecule has 1 saturated carbocycles. The standard InChI is InChI=1S/C25H28N4O/c1-18-7-6-8-20(17-18)23-15-16-24(28-27-23)26-21-13-11-19(12-14-21)25(30)29(2)22-9-4-3-5-10-22/h6-8,11-17,22H,3-5,9-10H2,1-2H3,(H,26,28). The highest BCUT2D eigenvalue weighted by molar-refractivity contribution is 5.94. The molecule has 1 amide bonds. The summed E-state index contributed by atoms with van der Waals surface area (Å²) in [5, 5.41) is 11.9. The van der Waals surface area contributed by atoms with E-state index in [9.17, 15) is 4.79 Å². The van der Waals surface area contributed by atoms with Crippen LogP contribution in [-0.2, 0) is 0 Å². The lowest BCUT2D eigenvalue weighted by molar-refractivity contribution is 0.0696. The lowest BCUT2D eigenvalue weighted by Gasteiger charge is -2.31. The van der Waals surface area contributed by atoms with Crippen LogP contribution in [0.15, 0.2) is 60.7 Å². The van der Waals surface area contributed by atoms with Crippen molar-refractivity contribution in [3.05, 3.63) is 71.8 Å². The zero-order valence-electron chi connectivity index (χ0n) is 17.6. The van der Waals surface area contributed by atoms with Crippen molar-refractivity contribution in [1.82, 2.24) is 15.1 Å². The fourth-order valence-corrected chi connectivity index (χ4v) is 4.04. The molecule has 2 aromatic carbocycles. The minimum atomic E-state index is 0.0933. The molecule has 5 heteroatoms. The molecule has 4 rings (SSSR count). The number of hydrogen-bond acceptors (Lipinski definition) is 4. The van der Waals surface area contributed by atoms with Crippen molar-refractivity contribution in [1.29, 1.82) is 0 Å². The highest BCUT2D eigenvalue weighted by atomic mass is 16.2. The maximum atomic E-state index is 12.8. The zero-order chi connectivity index (χ0) is 20.9. The fourth-order valence-electron chi connectivity index (χ4n) is 4.04. The van der Waals surface area contributed by atoms with Crippen molar-refractivity contribution >= 4 is 17.4 Å². The Morgan fingerprint density at radius 3 is 2.40 bits per heavy atom. The molecule has 1 aromatic heterocycles. The van der Waals surface area contributed by atoms with E-state index in [-0.39, 0.29) is 5.91 Å². The number of carbonyl (C=O) groups excluding carboxylic acids is 1. The number of anilines is 2. The van der Waals surface area contributed by atoms with Gasteiger partial charge in [-0.15, -0.1) is 10.2 Å². The van der Waals surface area contributed by atoms with Crippen LogP contribution in [0.4, 0.5) is 11.5 Å². The molecule has 1 heterocycles. The summed E-state index contributed by atoms with van der Waals surface area (Å²) in [4.78, 5) is 14.7. The van der Waals surface area contributed by atoms with Crippen LogP contribution in [0.2, 0.25) is 0 Å². The molecule has 154 valence electrons. The second-order valence-electron chi connectivity index (χ2n) is 8.08. The second kappa shape index (κ2) is 9.08. The van der Waals surface area contributed by atoms with Gasteiger partial charge in [0.2, 0.25) is 0 Å². The van der Waals surface area contributed by atoms with Crippen molar-refractivity contribution in [2.45, 2.75) is 45.1 Å². The maximum Gasteiger partial charge on any atom is 0.253 e. The molecule has 1 aliphatic carbocycles. The number of nitrogens with one attached hydrogen (secondary N) is 1. The molecule has 30 heavy (non-hydrogen) atoms. The molecule has 0 aliphatic heterocycles. The van der Waals surface area contributed by atoms with Crippen LogP contribution in [0.3, 0.4) is 0 Å². The SMILES string of the molecule is Cc1cccc(-c2ccc(Nc3ccc(C(=O)N(C)C4CCCCC4)cc3)nn2)c1. The minimum absolute atomic E-state index is 0.0933. The Kier molecular flexibility index (Phi) is 6.07. The third kappa shape index (κ3) is 4.67. The van der Waals surface area contributed by atoms with Gasteiger partial charge in [0.25, 0.3) is 5.91 Å². The summed E-state index contributed by atoms with van der Waals surface area (Å²) in [6, 6.07) is 20.0. The summed E-state index contributed by atoms with van der Waals surface area (Å²) >= 11 is 0. The van der Waals surface area contributed by atoms with Gasteiger partial charge in [0.15, 0.2) is 5.82 Å². The van der Waals surface area contributed by atoms with Gasteiger partial charge in [0, 0.05) is 29.9 Å². The lowest BCUT2D eigenvalue weighted by atomic mass is 9.94. The molecule has 0 saturated heterocycles. The van der Waals surface area contributed by atoms with E-state index >= 15 is 0 Å². The van der Waals surface area contributed by atoms with Crippen molar-refractivity contribution < 1.29 is 4.79 Å². The minimum Gasteiger partial charge on any atom is -0.339 e. The van der Waals surface area contributed by atoms with Gasteiger partial charge < -0.3 is 10.2 Å². The Morgan fingerprint density at radius 1 is 0.967 bits per heavy atom. The molecule has 0 spiro atoms. The Morgan fingerprint density at radius 2 is 1.73 bits per heavy atom. The van der Waals surface area contributed by atoms with E-state index in [0.717, 1.165) is 35.3 Å². The Hall–Kier alpha value is -3.21. The summed E-state index contributed by atoms with van der Waals surface area (Å²) in [6.45, 7) is 2.06. The fraction of sp³-hybridized carbons (Fsp3) is 0.320. The van der Waals surface area contributed by atoms with Gasteiger partial charge in [-0.3, -0.25) is 4.79 Å². The van der Waals surface area contributed by atoms with Gasteiger partial charge in [-0.2, -0.15) is 0 Å². The number of hydrogen-bond donors (Lipinski definition) is 1. The molecular formula is C25H28N4O. The quantitative estimate of drug-likeness (QED) is 0.606. The van der Waals surface area contributed by atoms with Gasteiger partial charge in [-0.1, -0.05) is 43.0 Å². The average Bonchev–Trinajstić information content (AvgIpc) is 2.80. The summed E-state index contributed by atoms with van der Waals surface area (Å²) < 4.78 is 0. The molecule has 0 unspecified atom stereocenters. The van der Waals surface area contributed by atoms with Crippen LogP contribution >= 0.6 is 0 Å². The van der Waals surface area contributed by atoms with Crippen LogP contribution in [0.5, 0.6) is 0 Å². The highest BCUT2D eigenvalue weighted by Gasteiger charge is 2.22. The van der Waals surface area contributed by atoms with Gasteiger partial charge in [-0.05, 0) is 62.2 Å². The molecule has 1 N–H and O–H groups in total. The zero-order valence-corrected chi connectivity index (χ0v) is 17.6. The van der Waals surface area contributed by atoms with Crippen LogP contribution in [-0.4, -0.2) is 34.1 Å². The Balaban J connectivity index is 1.40. The van der Waals surface area contributed by atoms with Gasteiger partial charge in [0.05, 0.1) is 5.69 Å². The highest BCUT2D eigenvalue weighted by Crippen LogP contribution is 2.24. The summed E-state index contributed by atoms with van der Waals surface area (Å²) in [5.41, 5.74) is 4.69. The summed E-state index contributed by atoms with van der Waals surface area (Å²) in [6.07, 6.45) is 5.94. The summed E-state index contributed by atoms with van der Waals surface area (Å²) in [7, 11) is 1.93. The third-order valence-electron chi connectivity index (χ3n) is 5.83. The normalized spacial score (nSPS) is 14.3. The first kappa shape index (κ1) is 20.1. The van der Waals surface area contributed by atoms with Crippen molar-refractivity contribution in [3.8, 4) is 11.3 Å². The molecule has 1 aliphatic rings. The van der Waals surface area contributed by atoms with Crippen LogP contribution < -0.4 is 5.32 Å². The smallest absolute Gasteiger partial charge is 0.253 e. The van der Waals surface area contributed by atoms with E-state index < -0.39 is 0 Å². The molecule has 0 atom stereocenters. The number of carbonyl (C=O) groups is 1. The third-order valence-corrected chi connectivity index (χ3v) is 5.83. The second-order valence-corrected chi connectivity index (χ2v) is 8.08. The number of rotatable bonds is 5. The monoisotopic (exact) mass is 400 g/mol. The molecule has 1 fully saturated rings. The molecular weight excluding hydrogens is 372 g/mol. The number of aromatic nitrogens is 2. The van der Waals surface area contributed by atoms with Crippen molar-refractivity contribution in [3.63, 3.8) is 0 Å². The first-order valence-corrected chi connectivity index (χ1v) is 10.7. The Bertz CT molecular complexity index is 992. The predicted octanol–water partition coefficient (Wildman–Crippen LogP) is 5.60. The predicted molar refractivity (Wildman–Crippen MR) is 121 cm³/mol. The van der Waals surface area contributed by atoms with Crippen molar-refractivity contribution in [2.24, 2.45) is 0 Å². The summed E-state index contributed by atoms with van der Waals surface area (Å²) in [5.74, 6) is 0.764. The van der Waals surface area contributed by atoms with Gasteiger partial charge in [-0.25, -0.2) is 0 Å². The maximum absolute atomic E-state index is 12.8. The van der Waals surface area contributed by atoms with E-state index in [1.807, 2.05) is 60.5 Å². The van der Waals surface area contributed by atoms with E-state index in [1.165, 1.54) is 24.8 Å². The lowest BCUT2D eigenvalue weighted by Crippen LogP contribution is -2.38. The molecule has 0 radical (unpaired) electrons. The van der Waals surface area contributed by atoms with Crippen LogP contribution in [0.1, 0.15) is 48.0 Å². The van der Waals surface area contributed by atoms with Crippen LogP contribution in [0, 0.1) is 6.92 Å². The largest absolute Gasteiger partial charge is 0.339 e. The Labute approximate surface area is 178 Å². The number of benzene rings is 2. The first-order chi connectivity index (χ1) is 14.6. The van der Waals surface area contributed by atoms with E-state index in [1.54, 1.807) is 0 Å². The van der Waals surface area contributed by atoms with E-state index in [0.29, 0.717) is 11.9 Å². The first-order valence-electron chi connectivity index (χ1n) is 10.7. The van der Waals surface area contributed by atoms with Gasteiger partial charge in [0.1, 0.15) is 0 Å². The van der Waals surface area contributed by atoms with E-state index in [4.69, 9.17) is 0 Å². The molecule has 3 aromatic rings. The van der Waals surface area contributed by atoms with Crippen LogP contribution in [0.25, 0.3) is 11.3 Å². The number of aryl methyl sites for hydroxylation is 1. The topological polar surface area (TPSA) is 58.1 Å². The van der Waals surface area contributed by atoms with Gasteiger partial charge >= 0.3 is 0 Å². The molecule has 0 bridgehead atoms. The molecule has 5 nitrogen and oxygen atoms in total.